The third-order valence-corrected chi connectivity index (χ3v) is 9.76. The zero-order valence-corrected chi connectivity index (χ0v) is 25.8. The average molecular weight is 640 g/mol. The largest absolute Gasteiger partial charge is 0.418 e. The molecule has 5 heterocycles. The number of hydrogen-bond acceptors (Lipinski definition) is 5. The zero-order valence-electron chi connectivity index (χ0n) is 25.8. The van der Waals surface area contributed by atoms with Gasteiger partial charge in [0.15, 0.2) is 5.82 Å². The molecule has 5 atom stereocenters. The number of aryl methyl sites for hydroxylation is 2. The molecule has 1 saturated carbocycles. The van der Waals surface area contributed by atoms with E-state index in [0.717, 1.165) is 43.6 Å². The molecule has 1 aliphatic carbocycles. The highest BCUT2D eigenvalue weighted by Gasteiger charge is 2.42. The fraction of sp³-hybridized carbons (Fsp3) is 0.515. The van der Waals surface area contributed by atoms with Gasteiger partial charge in [0, 0.05) is 37.0 Å². The quantitative estimate of drug-likeness (QED) is 0.260. The van der Waals surface area contributed by atoms with E-state index in [1.54, 1.807) is 0 Å². The van der Waals surface area contributed by atoms with Gasteiger partial charge < -0.3 is 25.1 Å². The standard InChI is InChI=1S/C33H37F4N7O2/c1-17-24-8-7-19-15-27(44(29(19)40-24)11-5-3-4-6-18-12-21(18)32(46)39-17)30-41-25-14-20(13-22(33(35,36)37)28(25)43(30)2)31(45)42-26-16-38-10-9-23(26)34/h7-8,13-15,17-18,21,23,26,38H,3-6,9-12,16H2,1-2H3,(H,39,46)(H,42,45)/t17-,18-,21-,23+,26+/m1/s1. The topological polar surface area (TPSA) is 106 Å². The van der Waals surface area contributed by atoms with Crippen LogP contribution in [0.25, 0.3) is 33.6 Å². The van der Waals surface area contributed by atoms with Gasteiger partial charge in [0.05, 0.1) is 40.1 Å². The van der Waals surface area contributed by atoms with Crippen LogP contribution in [0.15, 0.2) is 30.3 Å². The van der Waals surface area contributed by atoms with Crippen molar-refractivity contribution in [3.8, 4) is 11.5 Å². The lowest BCUT2D eigenvalue weighted by Crippen LogP contribution is -2.52. The lowest BCUT2D eigenvalue weighted by atomic mass is 10.0. The first-order valence-electron chi connectivity index (χ1n) is 16.0. The number of rotatable bonds is 3. The second kappa shape index (κ2) is 11.7. The van der Waals surface area contributed by atoms with Crippen LogP contribution in [0.3, 0.4) is 0 Å². The maximum Gasteiger partial charge on any atom is 0.418 e. The number of hydrogen-bond donors (Lipinski definition) is 3. The first kappa shape index (κ1) is 30.6. The zero-order chi connectivity index (χ0) is 32.3. The van der Waals surface area contributed by atoms with E-state index in [0.29, 0.717) is 41.9 Å². The summed E-state index contributed by atoms with van der Waals surface area (Å²) in [5, 5.41) is 9.47. The van der Waals surface area contributed by atoms with Crippen molar-refractivity contribution in [3.05, 3.63) is 47.2 Å². The fourth-order valence-corrected chi connectivity index (χ4v) is 7.08. The molecule has 244 valence electrons. The summed E-state index contributed by atoms with van der Waals surface area (Å²) in [5.74, 6) is 0.0616. The SMILES string of the molecule is C[C@H]1NC(=O)[C@@H]2C[C@H]2CCCCCn2c(-c3nc4cc(C(=O)N[C@H]5CNCC[C@@H]5F)cc(C(F)(F)F)c4n3C)cc3ccc1nc32. The highest BCUT2D eigenvalue weighted by Crippen LogP contribution is 2.43. The Morgan fingerprint density at radius 1 is 1.09 bits per heavy atom. The number of amides is 2. The summed E-state index contributed by atoms with van der Waals surface area (Å²) in [6.45, 7) is 3.16. The first-order valence-corrected chi connectivity index (χ1v) is 16.0. The van der Waals surface area contributed by atoms with Crippen LogP contribution >= 0.6 is 0 Å². The van der Waals surface area contributed by atoms with Crippen molar-refractivity contribution in [2.24, 2.45) is 18.9 Å². The molecule has 0 spiro atoms. The van der Waals surface area contributed by atoms with Crippen molar-refractivity contribution in [3.63, 3.8) is 0 Å². The van der Waals surface area contributed by atoms with Crippen LogP contribution in [0.1, 0.15) is 73.1 Å². The Morgan fingerprint density at radius 2 is 1.91 bits per heavy atom. The molecule has 3 N–H and O–H groups in total. The minimum atomic E-state index is -4.77. The van der Waals surface area contributed by atoms with E-state index in [9.17, 15) is 27.2 Å². The first-order chi connectivity index (χ1) is 22.0. The number of alkyl halides is 4. The van der Waals surface area contributed by atoms with Crippen LogP contribution in [-0.4, -0.2) is 56.2 Å². The average Bonchev–Trinajstić information content (AvgIpc) is 3.60. The van der Waals surface area contributed by atoms with Gasteiger partial charge in [-0.1, -0.05) is 12.8 Å². The molecule has 2 fully saturated rings. The minimum Gasteiger partial charge on any atom is -0.348 e. The molecule has 3 aromatic heterocycles. The monoisotopic (exact) mass is 639 g/mol. The van der Waals surface area contributed by atoms with Crippen LogP contribution in [0.2, 0.25) is 0 Å². The number of benzene rings is 1. The van der Waals surface area contributed by atoms with E-state index in [-0.39, 0.29) is 47.4 Å². The lowest BCUT2D eigenvalue weighted by Gasteiger charge is -2.27. The summed E-state index contributed by atoms with van der Waals surface area (Å²) < 4.78 is 61.4. The Morgan fingerprint density at radius 3 is 2.70 bits per heavy atom. The highest BCUT2D eigenvalue weighted by molar-refractivity contribution is 5.99. The van der Waals surface area contributed by atoms with E-state index in [4.69, 9.17) is 4.98 Å². The molecular weight excluding hydrogens is 602 g/mol. The van der Waals surface area contributed by atoms with Gasteiger partial charge >= 0.3 is 6.18 Å². The highest BCUT2D eigenvalue weighted by atomic mass is 19.4. The Bertz CT molecular complexity index is 1830. The maximum atomic E-state index is 14.5. The molecule has 1 saturated heterocycles. The summed E-state index contributed by atoms with van der Waals surface area (Å²) >= 11 is 0. The third-order valence-electron chi connectivity index (χ3n) is 9.76. The van der Waals surface area contributed by atoms with Crippen LogP contribution in [0, 0.1) is 11.8 Å². The maximum absolute atomic E-state index is 14.5. The molecule has 4 aromatic rings. The van der Waals surface area contributed by atoms with Gasteiger partial charge in [-0.2, -0.15) is 13.2 Å². The second-order valence-electron chi connectivity index (χ2n) is 13.0. The summed E-state index contributed by atoms with van der Waals surface area (Å²) in [5.41, 5.74) is 0.616. The number of nitrogens with one attached hydrogen (secondary N) is 3. The molecule has 3 aliphatic rings. The van der Waals surface area contributed by atoms with Crippen molar-refractivity contribution in [1.29, 1.82) is 0 Å². The van der Waals surface area contributed by atoms with Gasteiger partial charge in [-0.25, -0.2) is 14.4 Å². The number of piperidine rings is 1. The van der Waals surface area contributed by atoms with E-state index in [1.165, 1.54) is 17.7 Å². The van der Waals surface area contributed by atoms with Crippen LogP contribution in [0.4, 0.5) is 17.6 Å². The lowest BCUT2D eigenvalue weighted by molar-refractivity contribution is -0.136. The molecule has 7 rings (SSSR count). The van der Waals surface area contributed by atoms with Crippen LogP contribution in [-0.2, 0) is 24.6 Å². The van der Waals surface area contributed by atoms with Gasteiger partial charge in [-0.3, -0.25) is 9.59 Å². The van der Waals surface area contributed by atoms with Gasteiger partial charge in [-0.15, -0.1) is 0 Å². The number of aromatic nitrogens is 4. The van der Waals surface area contributed by atoms with Crippen molar-refractivity contribution >= 4 is 33.9 Å². The molecule has 0 unspecified atom stereocenters. The predicted molar refractivity (Wildman–Crippen MR) is 165 cm³/mol. The van der Waals surface area contributed by atoms with Gasteiger partial charge in [-0.05, 0) is 75.4 Å². The summed E-state index contributed by atoms with van der Waals surface area (Å²) in [6, 6.07) is 6.67. The predicted octanol–water partition coefficient (Wildman–Crippen LogP) is 5.43. The molecule has 46 heavy (non-hydrogen) atoms. The van der Waals surface area contributed by atoms with Crippen molar-refractivity contribution < 1.29 is 27.2 Å². The van der Waals surface area contributed by atoms with Crippen LogP contribution in [0.5, 0.6) is 0 Å². The summed E-state index contributed by atoms with van der Waals surface area (Å²) in [7, 11) is 1.54. The Hall–Kier alpha value is -4.00. The number of pyridine rings is 1. The van der Waals surface area contributed by atoms with Gasteiger partial charge in [0.25, 0.3) is 5.91 Å². The van der Waals surface area contributed by atoms with E-state index in [1.807, 2.05) is 29.7 Å². The molecule has 13 heteroatoms. The molecule has 1 aromatic carbocycles. The number of nitrogens with zero attached hydrogens (tertiary/aromatic N) is 4. The smallest absolute Gasteiger partial charge is 0.348 e. The van der Waals surface area contributed by atoms with E-state index < -0.39 is 29.9 Å². The molecule has 0 radical (unpaired) electrons. The molecule has 9 nitrogen and oxygen atoms in total. The Balaban J connectivity index is 1.31. The second-order valence-corrected chi connectivity index (χ2v) is 13.0. The van der Waals surface area contributed by atoms with Gasteiger partial charge in [0.2, 0.25) is 5.91 Å². The number of fused-ring (bicyclic) bond motifs is 3. The number of imidazole rings is 1. The van der Waals surface area contributed by atoms with Crippen molar-refractivity contribution in [2.75, 3.05) is 13.1 Å². The van der Waals surface area contributed by atoms with Gasteiger partial charge in [0.1, 0.15) is 11.8 Å². The van der Waals surface area contributed by atoms with E-state index in [2.05, 4.69) is 20.9 Å². The molecule has 2 aliphatic heterocycles. The number of halogens is 4. The van der Waals surface area contributed by atoms with Crippen molar-refractivity contribution in [2.45, 2.75) is 76.4 Å². The Kier molecular flexibility index (Phi) is 7.77. The normalized spacial score (nSPS) is 25.7. The van der Waals surface area contributed by atoms with Crippen LogP contribution < -0.4 is 16.0 Å². The number of carbonyl (C=O) groups is 2. The number of carbonyl (C=O) groups excluding carboxylic acids is 2. The van der Waals surface area contributed by atoms with Crippen molar-refractivity contribution in [1.82, 2.24) is 35.1 Å². The van der Waals surface area contributed by atoms with E-state index >= 15 is 0 Å². The third kappa shape index (κ3) is 5.62. The molecule has 2 bridgehead atoms. The minimum absolute atomic E-state index is 0.0129. The summed E-state index contributed by atoms with van der Waals surface area (Å²) in [6.07, 6.45) is -1.19. The summed E-state index contributed by atoms with van der Waals surface area (Å²) in [4.78, 5) is 35.5. The Labute approximate surface area is 263 Å². The fourth-order valence-electron chi connectivity index (χ4n) is 7.08. The molecule has 2 amide bonds. The molecular formula is C33H37F4N7O2.